The topological polar surface area (TPSA) is 113 Å². The molecule has 5 rings (SSSR count). The summed E-state index contributed by atoms with van der Waals surface area (Å²) in [4.78, 5) is 46.3. The van der Waals surface area contributed by atoms with Gasteiger partial charge in [-0.3, -0.25) is 19.5 Å². The van der Waals surface area contributed by atoms with E-state index in [2.05, 4.69) is 15.3 Å². The molecule has 164 valence electrons. The van der Waals surface area contributed by atoms with Crippen LogP contribution in [0.4, 0.5) is 5.13 Å². The van der Waals surface area contributed by atoms with Gasteiger partial charge < -0.3 is 14.3 Å². The zero-order chi connectivity index (χ0) is 22.1. The molecule has 4 heterocycles. The zero-order valence-corrected chi connectivity index (χ0v) is 17.9. The van der Waals surface area contributed by atoms with Gasteiger partial charge in [-0.1, -0.05) is 12.1 Å². The van der Waals surface area contributed by atoms with Gasteiger partial charge in [-0.25, -0.2) is 9.78 Å². The molecule has 3 aromatic heterocycles. The van der Waals surface area contributed by atoms with Gasteiger partial charge in [-0.15, -0.1) is 11.3 Å². The molecular weight excluding hydrogens is 430 g/mol. The maximum Gasteiger partial charge on any atom is 0.326 e. The zero-order valence-electron chi connectivity index (χ0n) is 17.1. The maximum absolute atomic E-state index is 12.8. The first-order valence-corrected chi connectivity index (χ1v) is 11.2. The van der Waals surface area contributed by atoms with Gasteiger partial charge in [0.15, 0.2) is 10.9 Å². The van der Waals surface area contributed by atoms with E-state index in [0.717, 1.165) is 23.9 Å². The van der Waals surface area contributed by atoms with Crippen molar-refractivity contribution in [2.75, 3.05) is 18.4 Å². The van der Waals surface area contributed by atoms with Gasteiger partial charge in [0.2, 0.25) is 5.91 Å². The summed E-state index contributed by atoms with van der Waals surface area (Å²) in [6.45, 7) is 1.17. The van der Waals surface area contributed by atoms with Gasteiger partial charge in [0.25, 0.3) is 5.91 Å². The Labute approximate surface area is 186 Å². The van der Waals surface area contributed by atoms with Crippen molar-refractivity contribution in [3.8, 4) is 0 Å². The number of nitrogens with one attached hydrogen (secondary N) is 2. The van der Waals surface area contributed by atoms with E-state index in [1.807, 2.05) is 33.7 Å². The molecule has 0 unspecified atom stereocenters. The largest absolute Gasteiger partial charge is 0.459 e. The number of likely N-dealkylation sites (tertiary alicyclic amines) is 1. The fourth-order valence-electron chi connectivity index (χ4n) is 4.09. The lowest BCUT2D eigenvalue weighted by atomic mass is 10.0. The van der Waals surface area contributed by atoms with E-state index in [0.29, 0.717) is 23.9 Å². The van der Waals surface area contributed by atoms with Crippen LogP contribution in [0.15, 0.2) is 57.3 Å². The Balaban J connectivity index is 1.18. The predicted molar refractivity (Wildman–Crippen MR) is 120 cm³/mol. The molecule has 0 atom stereocenters. The molecule has 1 saturated heterocycles. The summed E-state index contributed by atoms with van der Waals surface area (Å²) in [7, 11) is 0. The molecule has 4 aromatic rings. The first-order valence-electron chi connectivity index (χ1n) is 10.3. The third-order valence-corrected chi connectivity index (χ3v) is 6.46. The number of aromatic amines is 1. The summed E-state index contributed by atoms with van der Waals surface area (Å²) in [6.07, 6.45) is 3.04. The molecule has 2 N–H and O–H groups in total. The molecule has 1 aliphatic heterocycles. The molecule has 0 radical (unpaired) electrons. The van der Waals surface area contributed by atoms with Crippen molar-refractivity contribution in [1.29, 1.82) is 0 Å². The van der Waals surface area contributed by atoms with Crippen molar-refractivity contribution in [2.45, 2.75) is 25.3 Å². The summed E-state index contributed by atoms with van der Waals surface area (Å²) in [5, 5.41) is 4.87. The number of thiazole rings is 1. The molecule has 0 spiro atoms. The number of H-pyrrole nitrogens is 1. The highest BCUT2D eigenvalue weighted by Gasteiger charge is 2.26. The Morgan fingerprint density at radius 2 is 2.00 bits per heavy atom. The number of benzene rings is 1. The molecule has 0 aliphatic carbocycles. The lowest BCUT2D eigenvalue weighted by molar-refractivity contribution is -0.131. The number of amides is 2. The van der Waals surface area contributed by atoms with E-state index in [-0.39, 0.29) is 35.7 Å². The molecule has 2 amide bonds. The molecule has 1 aromatic carbocycles. The monoisotopic (exact) mass is 451 g/mol. The number of rotatable bonds is 5. The van der Waals surface area contributed by atoms with Crippen molar-refractivity contribution in [1.82, 2.24) is 19.4 Å². The van der Waals surface area contributed by atoms with E-state index < -0.39 is 0 Å². The number of anilines is 1. The van der Waals surface area contributed by atoms with Crippen molar-refractivity contribution in [3.63, 3.8) is 0 Å². The van der Waals surface area contributed by atoms with Crippen LogP contribution in [0.5, 0.6) is 0 Å². The van der Waals surface area contributed by atoms with Crippen molar-refractivity contribution < 1.29 is 14.0 Å². The third-order valence-electron chi connectivity index (χ3n) is 5.66. The summed E-state index contributed by atoms with van der Waals surface area (Å²) >= 11 is 1.27. The number of piperidine rings is 1. The predicted octanol–water partition coefficient (Wildman–Crippen LogP) is 3.04. The summed E-state index contributed by atoms with van der Waals surface area (Å²) in [5.74, 6) is -0.184. The minimum Gasteiger partial charge on any atom is -0.459 e. The van der Waals surface area contributed by atoms with E-state index >= 15 is 0 Å². The highest BCUT2D eigenvalue weighted by Crippen LogP contribution is 2.25. The number of para-hydroxylation sites is 2. The second kappa shape index (κ2) is 8.46. The van der Waals surface area contributed by atoms with E-state index in [9.17, 15) is 14.4 Å². The first kappa shape index (κ1) is 20.3. The van der Waals surface area contributed by atoms with Gasteiger partial charge in [0.1, 0.15) is 0 Å². The second-order valence-electron chi connectivity index (χ2n) is 7.68. The van der Waals surface area contributed by atoms with Gasteiger partial charge in [-0.2, -0.15) is 0 Å². The Kier molecular flexibility index (Phi) is 5.36. The van der Waals surface area contributed by atoms with Crippen LogP contribution in [0.1, 0.15) is 35.1 Å². The van der Waals surface area contributed by atoms with Crippen LogP contribution in [-0.4, -0.2) is 44.3 Å². The number of aromatic nitrogens is 3. The first-order chi connectivity index (χ1) is 15.6. The Morgan fingerprint density at radius 3 is 2.78 bits per heavy atom. The number of nitrogens with zero attached hydrogens (tertiary/aromatic N) is 3. The Bertz CT molecular complexity index is 1310. The Hall–Kier alpha value is -3.66. The van der Waals surface area contributed by atoms with E-state index in [1.54, 1.807) is 17.5 Å². The van der Waals surface area contributed by atoms with E-state index in [4.69, 9.17) is 4.42 Å². The summed E-state index contributed by atoms with van der Waals surface area (Å²) in [6, 6.07) is 10.9. The minimum absolute atomic E-state index is 0.0102. The normalized spacial score (nSPS) is 14.7. The molecule has 10 heteroatoms. The van der Waals surface area contributed by atoms with Gasteiger partial charge in [0, 0.05) is 24.5 Å². The van der Waals surface area contributed by atoms with Crippen LogP contribution in [0.3, 0.4) is 0 Å². The number of hydrogen-bond donors (Lipinski definition) is 2. The van der Waals surface area contributed by atoms with Crippen molar-refractivity contribution in [2.24, 2.45) is 0 Å². The number of fused-ring (bicyclic) bond motifs is 1. The highest BCUT2D eigenvalue weighted by molar-refractivity contribution is 7.14. The quantitative estimate of drug-likeness (QED) is 0.484. The molecule has 1 aliphatic rings. The molecular formula is C22H21N5O4S. The molecule has 32 heavy (non-hydrogen) atoms. The number of imidazole rings is 1. The highest BCUT2D eigenvalue weighted by atomic mass is 32.1. The third kappa shape index (κ3) is 3.96. The number of carbonyl (C=O) groups is 2. The fourth-order valence-corrected chi connectivity index (χ4v) is 4.79. The standard InChI is InChI=1S/C22H21N5O4S/c28-19(12-14-13-32-21(23-14)25-20(29)18-6-3-11-31-18)26-9-7-15(8-10-26)27-17-5-2-1-4-16(17)24-22(27)30/h1-6,11,13,15H,7-10,12H2,(H,24,30)(H,23,25,29). The van der Waals surface area contributed by atoms with Gasteiger partial charge >= 0.3 is 5.69 Å². The smallest absolute Gasteiger partial charge is 0.326 e. The average Bonchev–Trinajstić information content (AvgIpc) is 3.54. The van der Waals surface area contributed by atoms with Crippen molar-refractivity contribution >= 4 is 39.3 Å². The lowest BCUT2D eigenvalue weighted by Crippen LogP contribution is -2.41. The van der Waals surface area contributed by atoms with Crippen molar-refractivity contribution in [3.05, 3.63) is 70.0 Å². The van der Waals surface area contributed by atoms with Crippen LogP contribution in [-0.2, 0) is 11.2 Å². The second-order valence-corrected chi connectivity index (χ2v) is 8.54. The number of carbonyl (C=O) groups excluding carboxylic acids is 2. The Morgan fingerprint density at radius 1 is 1.19 bits per heavy atom. The molecule has 0 saturated carbocycles. The van der Waals surface area contributed by atoms with Crippen LogP contribution in [0.25, 0.3) is 11.0 Å². The lowest BCUT2D eigenvalue weighted by Gasteiger charge is -2.32. The molecule has 0 bridgehead atoms. The number of hydrogen-bond acceptors (Lipinski definition) is 6. The average molecular weight is 452 g/mol. The van der Waals surface area contributed by atoms with Gasteiger partial charge in [0.05, 0.1) is 29.4 Å². The van der Waals surface area contributed by atoms with Crippen LogP contribution >= 0.6 is 11.3 Å². The minimum atomic E-state index is -0.378. The number of furan rings is 1. The summed E-state index contributed by atoms with van der Waals surface area (Å²) < 4.78 is 6.88. The SMILES string of the molecule is O=C(Nc1nc(CC(=O)N2CCC(n3c(=O)[nH]c4ccccc43)CC2)cs1)c1ccco1. The molecule has 9 nitrogen and oxygen atoms in total. The van der Waals surface area contributed by atoms with Crippen LogP contribution < -0.4 is 11.0 Å². The summed E-state index contributed by atoms with van der Waals surface area (Å²) in [5.41, 5.74) is 2.23. The van der Waals surface area contributed by atoms with E-state index in [1.165, 1.54) is 17.6 Å². The maximum atomic E-state index is 12.8. The van der Waals surface area contributed by atoms with Crippen LogP contribution in [0, 0.1) is 0 Å². The van der Waals surface area contributed by atoms with Crippen LogP contribution in [0.2, 0.25) is 0 Å². The fraction of sp³-hybridized carbons (Fsp3) is 0.273. The molecule has 1 fully saturated rings. The van der Waals surface area contributed by atoms with Gasteiger partial charge in [-0.05, 0) is 37.1 Å².